The fraction of sp³-hybridized carbons (Fsp3) is 0.600. The van der Waals surface area contributed by atoms with E-state index in [0.29, 0.717) is 30.0 Å². The molecule has 1 aliphatic heterocycles. The lowest BCUT2D eigenvalue weighted by molar-refractivity contribution is 0.171. The van der Waals surface area contributed by atoms with Crippen molar-refractivity contribution in [1.82, 2.24) is 5.32 Å². The van der Waals surface area contributed by atoms with Crippen molar-refractivity contribution < 1.29 is 9.47 Å². The summed E-state index contributed by atoms with van der Waals surface area (Å²) in [5.41, 5.74) is 1.14. The van der Waals surface area contributed by atoms with E-state index < -0.39 is 0 Å². The van der Waals surface area contributed by atoms with E-state index in [1.165, 1.54) is 19.3 Å². The van der Waals surface area contributed by atoms with E-state index in [1.54, 1.807) is 0 Å². The molecule has 0 saturated carbocycles. The predicted molar refractivity (Wildman–Crippen MR) is 78.3 cm³/mol. The molecule has 1 N–H and O–H groups in total. The predicted octanol–water partition coefficient (Wildman–Crippen LogP) is 3.78. The van der Waals surface area contributed by atoms with Gasteiger partial charge in [0.2, 0.25) is 0 Å². The van der Waals surface area contributed by atoms with E-state index >= 15 is 0 Å². The Morgan fingerprint density at radius 2 is 2.11 bits per heavy atom. The van der Waals surface area contributed by atoms with Gasteiger partial charge in [-0.15, -0.1) is 0 Å². The van der Waals surface area contributed by atoms with Gasteiger partial charge in [-0.25, -0.2) is 0 Å². The number of unbranched alkanes of at least 4 members (excludes halogenated alkanes) is 1. The monoisotopic (exact) mass is 283 g/mol. The van der Waals surface area contributed by atoms with Crippen molar-refractivity contribution in [3.8, 4) is 11.5 Å². The Hall–Kier alpha value is -0.930. The third-order valence-electron chi connectivity index (χ3n) is 3.30. The lowest BCUT2D eigenvalue weighted by Crippen LogP contribution is -2.25. The molecule has 3 nitrogen and oxygen atoms in total. The van der Waals surface area contributed by atoms with Gasteiger partial charge in [0, 0.05) is 12.6 Å². The standard InChI is InChI=1S/C15H22ClNO2/c1-3-4-5-11(2)17-10-12-8-13(16)15-14(9-12)18-6-7-19-15/h8-9,11,17H,3-7,10H2,1-2H3. The Balaban J connectivity index is 1.95. The molecule has 0 amide bonds. The SMILES string of the molecule is CCCCC(C)NCc1cc(Cl)c2c(c1)OCCO2. The molecule has 0 saturated heterocycles. The number of hydrogen-bond donors (Lipinski definition) is 1. The molecule has 0 aromatic heterocycles. The van der Waals surface area contributed by atoms with Crippen LogP contribution >= 0.6 is 11.6 Å². The van der Waals surface area contributed by atoms with Gasteiger partial charge in [-0.05, 0) is 31.0 Å². The van der Waals surface area contributed by atoms with Crippen LogP contribution < -0.4 is 14.8 Å². The summed E-state index contributed by atoms with van der Waals surface area (Å²) in [5, 5.41) is 4.15. The van der Waals surface area contributed by atoms with Gasteiger partial charge in [-0.2, -0.15) is 0 Å². The second kappa shape index (κ2) is 7.01. The molecule has 1 aromatic carbocycles. The number of hydrogen-bond acceptors (Lipinski definition) is 3. The molecule has 2 rings (SSSR count). The highest BCUT2D eigenvalue weighted by molar-refractivity contribution is 6.32. The van der Waals surface area contributed by atoms with Crippen LogP contribution in [-0.2, 0) is 6.54 Å². The molecule has 4 heteroatoms. The van der Waals surface area contributed by atoms with Gasteiger partial charge in [-0.3, -0.25) is 0 Å². The molecule has 0 fully saturated rings. The Morgan fingerprint density at radius 1 is 1.32 bits per heavy atom. The summed E-state index contributed by atoms with van der Waals surface area (Å²) in [5.74, 6) is 1.44. The van der Waals surface area contributed by atoms with E-state index in [2.05, 4.69) is 19.2 Å². The second-order valence-corrected chi connectivity index (χ2v) is 5.43. The van der Waals surface area contributed by atoms with Gasteiger partial charge in [0.25, 0.3) is 0 Å². The summed E-state index contributed by atoms with van der Waals surface area (Å²) < 4.78 is 11.1. The van der Waals surface area contributed by atoms with Crippen molar-refractivity contribution in [1.29, 1.82) is 0 Å². The molecule has 1 atom stereocenters. The third kappa shape index (κ3) is 4.02. The molecule has 1 aliphatic rings. The number of rotatable bonds is 6. The van der Waals surface area contributed by atoms with Gasteiger partial charge in [0.15, 0.2) is 11.5 Å². The zero-order valence-electron chi connectivity index (χ0n) is 11.7. The van der Waals surface area contributed by atoms with Crippen molar-refractivity contribution in [2.75, 3.05) is 13.2 Å². The Labute approximate surface area is 120 Å². The quantitative estimate of drug-likeness (QED) is 0.862. The molecule has 0 spiro atoms. The average molecular weight is 284 g/mol. The molecule has 1 heterocycles. The van der Waals surface area contributed by atoms with Crippen molar-refractivity contribution in [2.45, 2.75) is 45.7 Å². The highest BCUT2D eigenvalue weighted by Gasteiger charge is 2.16. The summed E-state index contributed by atoms with van der Waals surface area (Å²) in [6, 6.07) is 4.49. The Bertz CT molecular complexity index is 423. The molecule has 106 valence electrons. The molecule has 19 heavy (non-hydrogen) atoms. The lowest BCUT2D eigenvalue weighted by atomic mass is 10.1. The van der Waals surface area contributed by atoms with E-state index in [-0.39, 0.29) is 0 Å². The highest BCUT2D eigenvalue weighted by atomic mass is 35.5. The van der Waals surface area contributed by atoms with E-state index in [4.69, 9.17) is 21.1 Å². The zero-order chi connectivity index (χ0) is 13.7. The topological polar surface area (TPSA) is 30.5 Å². The first-order chi connectivity index (χ1) is 9.20. The maximum absolute atomic E-state index is 6.21. The fourth-order valence-electron chi connectivity index (χ4n) is 2.17. The van der Waals surface area contributed by atoms with Crippen LogP contribution in [0.1, 0.15) is 38.7 Å². The number of benzene rings is 1. The van der Waals surface area contributed by atoms with Crippen LogP contribution in [0.4, 0.5) is 0 Å². The molecular formula is C15H22ClNO2. The van der Waals surface area contributed by atoms with E-state index in [0.717, 1.165) is 17.9 Å². The minimum Gasteiger partial charge on any atom is -0.486 e. The maximum atomic E-state index is 6.21. The number of halogens is 1. The van der Waals surface area contributed by atoms with Crippen molar-refractivity contribution in [3.05, 3.63) is 22.7 Å². The van der Waals surface area contributed by atoms with Gasteiger partial charge < -0.3 is 14.8 Å². The Kier molecular flexibility index (Phi) is 5.34. The minimum atomic E-state index is 0.520. The largest absolute Gasteiger partial charge is 0.486 e. The van der Waals surface area contributed by atoms with Crippen molar-refractivity contribution in [3.63, 3.8) is 0 Å². The molecule has 1 aromatic rings. The summed E-state index contributed by atoms with van der Waals surface area (Å²) in [4.78, 5) is 0. The molecular weight excluding hydrogens is 262 g/mol. The van der Waals surface area contributed by atoms with Crippen LogP contribution in [0.15, 0.2) is 12.1 Å². The minimum absolute atomic E-state index is 0.520. The number of ether oxygens (including phenoxy) is 2. The summed E-state index contributed by atoms with van der Waals surface area (Å²) in [6.45, 7) is 6.40. The first kappa shape index (κ1) is 14.5. The van der Waals surface area contributed by atoms with Gasteiger partial charge in [0.05, 0.1) is 5.02 Å². The normalized spacial score (nSPS) is 15.3. The van der Waals surface area contributed by atoms with Crippen LogP contribution in [-0.4, -0.2) is 19.3 Å². The molecule has 1 unspecified atom stereocenters. The lowest BCUT2D eigenvalue weighted by Gasteiger charge is -2.21. The summed E-state index contributed by atoms with van der Waals surface area (Å²) in [7, 11) is 0. The van der Waals surface area contributed by atoms with Crippen LogP contribution in [0, 0.1) is 0 Å². The van der Waals surface area contributed by atoms with Crippen molar-refractivity contribution >= 4 is 11.6 Å². The fourth-order valence-corrected chi connectivity index (χ4v) is 2.46. The van der Waals surface area contributed by atoms with Crippen LogP contribution in [0.5, 0.6) is 11.5 Å². The van der Waals surface area contributed by atoms with Crippen LogP contribution in [0.3, 0.4) is 0 Å². The average Bonchev–Trinajstić information content (AvgIpc) is 2.43. The number of fused-ring (bicyclic) bond motifs is 1. The zero-order valence-corrected chi connectivity index (χ0v) is 12.4. The van der Waals surface area contributed by atoms with Crippen LogP contribution in [0.2, 0.25) is 5.02 Å². The Morgan fingerprint density at radius 3 is 2.89 bits per heavy atom. The molecule has 0 bridgehead atoms. The summed E-state index contributed by atoms with van der Waals surface area (Å²) in [6.07, 6.45) is 3.70. The first-order valence-electron chi connectivity index (χ1n) is 7.02. The maximum Gasteiger partial charge on any atom is 0.179 e. The molecule has 0 radical (unpaired) electrons. The van der Waals surface area contributed by atoms with Gasteiger partial charge >= 0.3 is 0 Å². The molecule has 0 aliphatic carbocycles. The van der Waals surface area contributed by atoms with E-state index in [1.807, 2.05) is 12.1 Å². The second-order valence-electron chi connectivity index (χ2n) is 5.03. The first-order valence-corrected chi connectivity index (χ1v) is 7.40. The van der Waals surface area contributed by atoms with E-state index in [9.17, 15) is 0 Å². The van der Waals surface area contributed by atoms with Crippen LogP contribution in [0.25, 0.3) is 0 Å². The third-order valence-corrected chi connectivity index (χ3v) is 3.58. The number of nitrogens with one attached hydrogen (secondary N) is 1. The highest BCUT2D eigenvalue weighted by Crippen LogP contribution is 2.38. The van der Waals surface area contributed by atoms with Crippen molar-refractivity contribution in [2.24, 2.45) is 0 Å². The smallest absolute Gasteiger partial charge is 0.179 e. The van der Waals surface area contributed by atoms with Gasteiger partial charge in [0.1, 0.15) is 13.2 Å². The summed E-state index contributed by atoms with van der Waals surface area (Å²) >= 11 is 6.21. The van der Waals surface area contributed by atoms with Gasteiger partial charge in [-0.1, -0.05) is 31.4 Å².